The predicted octanol–water partition coefficient (Wildman–Crippen LogP) is 4.09. The van der Waals surface area contributed by atoms with Crippen molar-refractivity contribution in [1.29, 1.82) is 0 Å². The number of fused-ring (bicyclic) bond motifs is 1. The standard InChI is InChI=1S/C23H28N4O.ClH/c1-17(19-5-4-12-24-15-19)13-23(28)25-14-18-8-10-20(11-9-18)27-16-26-21-6-2-3-7-22(21)27;/h2-3,6-11,16-17,19,24H,4-5,12-15H2,1H3,(H,25,28);1H. The Morgan fingerprint density at radius 3 is 2.79 bits per heavy atom. The first kappa shape index (κ1) is 21.3. The lowest BCUT2D eigenvalue weighted by Gasteiger charge is -2.28. The first-order chi connectivity index (χ1) is 13.7. The fraction of sp³-hybridized carbons (Fsp3) is 0.391. The van der Waals surface area contributed by atoms with Crippen molar-refractivity contribution in [3.05, 3.63) is 60.4 Å². The molecule has 1 amide bonds. The van der Waals surface area contributed by atoms with Crippen LogP contribution in [0.2, 0.25) is 0 Å². The van der Waals surface area contributed by atoms with E-state index in [4.69, 9.17) is 0 Å². The first-order valence-electron chi connectivity index (χ1n) is 10.2. The van der Waals surface area contributed by atoms with Crippen LogP contribution in [0, 0.1) is 11.8 Å². The molecule has 1 fully saturated rings. The van der Waals surface area contributed by atoms with Crippen LogP contribution in [0.25, 0.3) is 16.7 Å². The van der Waals surface area contributed by atoms with Crippen LogP contribution in [0.1, 0.15) is 31.7 Å². The highest BCUT2D eigenvalue weighted by atomic mass is 35.5. The van der Waals surface area contributed by atoms with Crippen LogP contribution in [0.3, 0.4) is 0 Å². The Balaban J connectivity index is 0.00000240. The number of carbonyl (C=O) groups is 1. The van der Waals surface area contributed by atoms with Crippen molar-refractivity contribution in [2.75, 3.05) is 13.1 Å². The fourth-order valence-electron chi connectivity index (χ4n) is 4.04. The van der Waals surface area contributed by atoms with Gasteiger partial charge < -0.3 is 10.6 Å². The van der Waals surface area contributed by atoms with Gasteiger partial charge in [0.1, 0.15) is 6.33 Å². The number of nitrogens with zero attached hydrogens (tertiary/aromatic N) is 2. The molecule has 1 aliphatic rings. The molecule has 2 atom stereocenters. The van der Waals surface area contributed by atoms with E-state index in [2.05, 4.69) is 57.4 Å². The Morgan fingerprint density at radius 1 is 1.24 bits per heavy atom. The van der Waals surface area contributed by atoms with Gasteiger partial charge in [0, 0.05) is 18.7 Å². The maximum absolute atomic E-state index is 12.3. The van der Waals surface area contributed by atoms with Gasteiger partial charge in [-0.15, -0.1) is 12.4 Å². The quantitative estimate of drug-likeness (QED) is 0.641. The van der Waals surface area contributed by atoms with E-state index >= 15 is 0 Å². The predicted molar refractivity (Wildman–Crippen MR) is 120 cm³/mol. The smallest absolute Gasteiger partial charge is 0.220 e. The number of aromatic nitrogens is 2. The van der Waals surface area contributed by atoms with Gasteiger partial charge in [-0.05, 0) is 67.6 Å². The van der Waals surface area contributed by atoms with Crippen LogP contribution in [0.4, 0.5) is 0 Å². The van der Waals surface area contributed by atoms with Crippen LogP contribution in [0.15, 0.2) is 54.9 Å². The fourth-order valence-corrected chi connectivity index (χ4v) is 4.04. The Morgan fingerprint density at radius 2 is 2.03 bits per heavy atom. The molecule has 2 unspecified atom stereocenters. The minimum atomic E-state index is 0. The Bertz CT molecular complexity index is 931. The summed E-state index contributed by atoms with van der Waals surface area (Å²) in [5.74, 6) is 1.18. The molecule has 5 nitrogen and oxygen atoms in total. The van der Waals surface area contributed by atoms with Gasteiger partial charge >= 0.3 is 0 Å². The number of carbonyl (C=O) groups excluding carboxylic acids is 1. The molecule has 0 bridgehead atoms. The van der Waals surface area contributed by atoms with Gasteiger partial charge in [0.2, 0.25) is 5.91 Å². The summed E-state index contributed by atoms with van der Waals surface area (Å²) < 4.78 is 2.08. The maximum Gasteiger partial charge on any atom is 0.220 e. The highest BCUT2D eigenvalue weighted by Gasteiger charge is 2.21. The van der Waals surface area contributed by atoms with Gasteiger partial charge in [0.15, 0.2) is 0 Å². The van der Waals surface area contributed by atoms with Crippen LogP contribution in [0.5, 0.6) is 0 Å². The number of nitrogens with one attached hydrogen (secondary N) is 2. The summed E-state index contributed by atoms with van der Waals surface area (Å²) in [4.78, 5) is 16.8. The largest absolute Gasteiger partial charge is 0.352 e. The number of para-hydroxylation sites is 2. The molecule has 0 aliphatic carbocycles. The molecule has 0 spiro atoms. The second-order valence-corrected chi connectivity index (χ2v) is 7.83. The molecule has 1 aliphatic heterocycles. The lowest BCUT2D eigenvalue weighted by molar-refractivity contribution is -0.122. The highest BCUT2D eigenvalue weighted by Crippen LogP contribution is 2.22. The van der Waals surface area contributed by atoms with Crippen molar-refractivity contribution < 1.29 is 4.79 Å². The monoisotopic (exact) mass is 412 g/mol. The second kappa shape index (κ2) is 9.90. The van der Waals surface area contributed by atoms with Gasteiger partial charge in [-0.3, -0.25) is 9.36 Å². The Labute approximate surface area is 178 Å². The molecule has 1 saturated heterocycles. The van der Waals surface area contributed by atoms with Gasteiger partial charge in [0.05, 0.1) is 11.0 Å². The number of hydrogen-bond donors (Lipinski definition) is 2. The van der Waals surface area contributed by atoms with E-state index in [1.807, 2.05) is 24.5 Å². The summed E-state index contributed by atoms with van der Waals surface area (Å²) in [5, 5.41) is 6.51. The number of benzene rings is 2. The number of halogens is 1. The van der Waals surface area contributed by atoms with Gasteiger partial charge in [-0.25, -0.2) is 4.98 Å². The van der Waals surface area contributed by atoms with Crippen molar-refractivity contribution >= 4 is 29.3 Å². The number of imidazole rings is 1. The molecule has 2 aromatic carbocycles. The number of piperidine rings is 1. The van der Waals surface area contributed by atoms with Crippen LogP contribution >= 0.6 is 12.4 Å². The third kappa shape index (κ3) is 5.17. The summed E-state index contributed by atoms with van der Waals surface area (Å²) in [6.45, 7) is 4.92. The van der Waals surface area contributed by atoms with E-state index in [1.165, 1.54) is 12.8 Å². The molecule has 29 heavy (non-hydrogen) atoms. The van der Waals surface area contributed by atoms with E-state index in [9.17, 15) is 4.79 Å². The van der Waals surface area contributed by atoms with Gasteiger partial charge in [-0.1, -0.05) is 31.2 Å². The van der Waals surface area contributed by atoms with Crippen LogP contribution < -0.4 is 10.6 Å². The molecule has 2 N–H and O–H groups in total. The van der Waals surface area contributed by atoms with E-state index < -0.39 is 0 Å². The zero-order chi connectivity index (χ0) is 19.3. The summed E-state index contributed by atoms with van der Waals surface area (Å²) >= 11 is 0. The summed E-state index contributed by atoms with van der Waals surface area (Å²) in [5.41, 5.74) is 4.26. The molecule has 0 radical (unpaired) electrons. The van der Waals surface area contributed by atoms with E-state index in [1.54, 1.807) is 0 Å². The molecule has 6 heteroatoms. The van der Waals surface area contributed by atoms with E-state index in [0.717, 1.165) is 35.4 Å². The van der Waals surface area contributed by atoms with Gasteiger partial charge in [-0.2, -0.15) is 0 Å². The van der Waals surface area contributed by atoms with Crippen molar-refractivity contribution in [2.24, 2.45) is 11.8 Å². The van der Waals surface area contributed by atoms with Gasteiger partial charge in [0.25, 0.3) is 0 Å². The molecule has 154 valence electrons. The molecular weight excluding hydrogens is 384 g/mol. The minimum absolute atomic E-state index is 0. The van der Waals surface area contributed by atoms with E-state index in [0.29, 0.717) is 24.8 Å². The zero-order valence-electron chi connectivity index (χ0n) is 16.8. The van der Waals surface area contributed by atoms with Crippen molar-refractivity contribution in [1.82, 2.24) is 20.2 Å². The molecule has 3 aromatic rings. The normalized spacial score (nSPS) is 17.5. The number of amides is 1. The zero-order valence-corrected chi connectivity index (χ0v) is 17.6. The van der Waals surface area contributed by atoms with Crippen molar-refractivity contribution in [2.45, 2.75) is 32.7 Å². The second-order valence-electron chi connectivity index (χ2n) is 7.83. The van der Waals surface area contributed by atoms with Crippen LogP contribution in [-0.4, -0.2) is 28.5 Å². The van der Waals surface area contributed by atoms with Crippen molar-refractivity contribution in [3.8, 4) is 5.69 Å². The maximum atomic E-state index is 12.3. The summed E-state index contributed by atoms with van der Waals surface area (Å²) in [7, 11) is 0. The average Bonchev–Trinajstić information content (AvgIpc) is 3.17. The molecule has 1 aromatic heterocycles. The van der Waals surface area contributed by atoms with Crippen molar-refractivity contribution in [3.63, 3.8) is 0 Å². The third-order valence-electron chi connectivity index (χ3n) is 5.80. The lowest BCUT2D eigenvalue weighted by atomic mass is 9.85. The molecule has 2 heterocycles. The number of hydrogen-bond acceptors (Lipinski definition) is 3. The average molecular weight is 413 g/mol. The number of rotatable bonds is 6. The Hall–Kier alpha value is -2.37. The molecule has 0 saturated carbocycles. The molecule has 4 rings (SSSR count). The summed E-state index contributed by atoms with van der Waals surface area (Å²) in [6, 6.07) is 16.4. The minimum Gasteiger partial charge on any atom is -0.352 e. The SMILES string of the molecule is CC(CC(=O)NCc1ccc(-n2cnc3ccccc32)cc1)C1CCCNC1.Cl. The first-order valence-corrected chi connectivity index (χ1v) is 10.2. The highest BCUT2D eigenvalue weighted by molar-refractivity contribution is 5.85. The van der Waals surface area contributed by atoms with E-state index in [-0.39, 0.29) is 18.3 Å². The van der Waals surface area contributed by atoms with Crippen LogP contribution in [-0.2, 0) is 11.3 Å². The summed E-state index contributed by atoms with van der Waals surface area (Å²) in [6.07, 6.45) is 4.90. The Kier molecular flexibility index (Phi) is 7.29. The topological polar surface area (TPSA) is 59.0 Å². The third-order valence-corrected chi connectivity index (χ3v) is 5.80. The molecular formula is C23H29ClN4O. The lowest BCUT2D eigenvalue weighted by Crippen LogP contribution is -2.35.